The highest BCUT2D eigenvalue weighted by atomic mass is 16.5. The van der Waals surface area contributed by atoms with Gasteiger partial charge in [0.1, 0.15) is 18.1 Å². The van der Waals surface area contributed by atoms with E-state index in [-0.39, 0.29) is 5.91 Å². The molecule has 0 heterocycles. The molecule has 154 valence electrons. The average molecular weight is 403 g/mol. The molecular formula is C25H25NO4. The first-order valence-corrected chi connectivity index (χ1v) is 9.75. The third-order valence-corrected chi connectivity index (χ3v) is 4.20. The van der Waals surface area contributed by atoms with E-state index in [2.05, 4.69) is 11.9 Å². The first-order valence-electron chi connectivity index (χ1n) is 9.75. The van der Waals surface area contributed by atoms with Crippen LogP contribution in [0.5, 0.6) is 23.0 Å². The van der Waals surface area contributed by atoms with Crippen LogP contribution in [0.2, 0.25) is 0 Å². The van der Waals surface area contributed by atoms with Gasteiger partial charge in [-0.2, -0.15) is 0 Å². The fraction of sp³-hybridized carbons (Fsp3) is 0.160. The molecule has 3 rings (SSSR count). The minimum absolute atomic E-state index is 0.237. The molecule has 0 atom stereocenters. The lowest BCUT2D eigenvalue weighted by atomic mass is 10.1. The van der Waals surface area contributed by atoms with Crippen molar-refractivity contribution in [3.8, 4) is 23.0 Å². The maximum Gasteiger partial charge on any atom is 0.255 e. The predicted octanol–water partition coefficient (Wildman–Crippen LogP) is 6.00. The van der Waals surface area contributed by atoms with E-state index in [0.29, 0.717) is 41.7 Å². The largest absolute Gasteiger partial charge is 0.490 e. The van der Waals surface area contributed by atoms with Crippen molar-refractivity contribution in [3.63, 3.8) is 0 Å². The summed E-state index contributed by atoms with van der Waals surface area (Å²) in [7, 11) is 0. The van der Waals surface area contributed by atoms with Gasteiger partial charge in [0.25, 0.3) is 5.91 Å². The third kappa shape index (κ3) is 5.64. The number of hydrogen-bond acceptors (Lipinski definition) is 4. The molecule has 30 heavy (non-hydrogen) atoms. The molecule has 0 saturated heterocycles. The second kappa shape index (κ2) is 10.2. The number of carbonyl (C=O) groups excluding carboxylic acids is 1. The first kappa shape index (κ1) is 21.0. The summed E-state index contributed by atoms with van der Waals surface area (Å²) in [5.74, 6) is 2.33. The van der Waals surface area contributed by atoms with Gasteiger partial charge in [0.05, 0.1) is 6.61 Å². The SMILES string of the molecule is C=CCOc1ccc(C(=O)Nc2ccc(Oc3cccc(C)c3)cc2)cc1OCC. The maximum atomic E-state index is 12.7. The maximum absolute atomic E-state index is 12.7. The van der Waals surface area contributed by atoms with Crippen LogP contribution in [0.3, 0.4) is 0 Å². The van der Waals surface area contributed by atoms with Gasteiger partial charge in [-0.25, -0.2) is 0 Å². The van der Waals surface area contributed by atoms with Crippen LogP contribution in [0, 0.1) is 6.92 Å². The topological polar surface area (TPSA) is 56.8 Å². The lowest BCUT2D eigenvalue weighted by Crippen LogP contribution is -2.12. The summed E-state index contributed by atoms with van der Waals surface area (Å²) >= 11 is 0. The minimum Gasteiger partial charge on any atom is -0.490 e. The monoisotopic (exact) mass is 403 g/mol. The summed E-state index contributed by atoms with van der Waals surface area (Å²) in [4.78, 5) is 12.7. The van der Waals surface area contributed by atoms with E-state index >= 15 is 0 Å². The minimum atomic E-state index is -0.237. The van der Waals surface area contributed by atoms with Gasteiger partial charge in [0.2, 0.25) is 0 Å². The van der Waals surface area contributed by atoms with E-state index in [0.717, 1.165) is 11.3 Å². The number of nitrogens with one attached hydrogen (secondary N) is 1. The lowest BCUT2D eigenvalue weighted by molar-refractivity contribution is 0.102. The van der Waals surface area contributed by atoms with Gasteiger partial charge in [0.15, 0.2) is 11.5 Å². The lowest BCUT2D eigenvalue weighted by Gasteiger charge is -2.13. The fourth-order valence-electron chi connectivity index (χ4n) is 2.81. The molecular weight excluding hydrogens is 378 g/mol. The van der Waals surface area contributed by atoms with Crippen LogP contribution in [-0.2, 0) is 0 Å². The van der Waals surface area contributed by atoms with Crippen LogP contribution in [0.15, 0.2) is 79.4 Å². The average Bonchev–Trinajstić information content (AvgIpc) is 2.74. The Morgan fingerprint density at radius 2 is 1.77 bits per heavy atom. The molecule has 0 unspecified atom stereocenters. The summed E-state index contributed by atoms with van der Waals surface area (Å²) < 4.78 is 17.0. The number of benzene rings is 3. The van der Waals surface area contributed by atoms with Gasteiger partial charge >= 0.3 is 0 Å². The molecule has 3 aromatic rings. The van der Waals surface area contributed by atoms with Gasteiger partial charge in [-0.15, -0.1) is 0 Å². The van der Waals surface area contributed by atoms with Gasteiger partial charge in [0, 0.05) is 11.3 Å². The molecule has 0 fully saturated rings. The summed E-state index contributed by atoms with van der Waals surface area (Å²) in [6.07, 6.45) is 1.66. The number of carbonyl (C=O) groups is 1. The molecule has 0 aromatic heterocycles. The Bertz CT molecular complexity index is 1010. The Balaban J connectivity index is 1.67. The molecule has 0 spiro atoms. The highest BCUT2D eigenvalue weighted by molar-refractivity contribution is 6.04. The van der Waals surface area contributed by atoms with Crippen LogP contribution in [0.4, 0.5) is 5.69 Å². The second-order valence-electron chi connectivity index (χ2n) is 6.59. The van der Waals surface area contributed by atoms with Crippen LogP contribution >= 0.6 is 0 Å². The van der Waals surface area contributed by atoms with Crippen molar-refractivity contribution in [1.82, 2.24) is 0 Å². The number of aryl methyl sites for hydroxylation is 1. The summed E-state index contributed by atoms with van der Waals surface area (Å²) in [6.45, 7) is 8.37. The van der Waals surface area contributed by atoms with Crippen molar-refractivity contribution < 1.29 is 19.0 Å². The molecule has 5 nitrogen and oxygen atoms in total. The Hall–Kier alpha value is -3.73. The summed E-state index contributed by atoms with van der Waals surface area (Å²) in [5, 5.41) is 2.88. The van der Waals surface area contributed by atoms with E-state index in [1.165, 1.54) is 0 Å². The van der Waals surface area contributed by atoms with Crippen LogP contribution in [-0.4, -0.2) is 19.1 Å². The molecule has 5 heteroatoms. The number of hydrogen-bond donors (Lipinski definition) is 1. The second-order valence-corrected chi connectivity index (χ2v) is 6.59. The standard InChI is InChI=1S/C25H25NO4/c1-4-15-29-23-14-9-19(17-24(23)28-5-2)25(27)26-20-10-12-21(13-11-20)30-22-8-6-7-18(3)16-22/h4,6-14,16-17H,1,5,15H2,2-3H3,(H,26,27). The zero-order valence-electron chi connectivity index (χ0n) is 17.2. The van der Waals surface area contributed by atoms with Crippen molar-refractivity contribution in [2.45, 2.75) is 13.8 Å². The van der Waals surface area contributed by atoms with Crippen molar-refractivity contribution in [2.75, 3.05) is 18.5 Å². The van der Waals surface area contributed by atoms with Gasteiger partial charge < -0.3 is 19.5 Å². The number of ether oxygens (including phenoxy) is 3. The van der Waals surface area contributed by atoms with Crippen molar-refractivity contribution in [2.24, 2.45) is 0 Å². The highest BCUT2D eigenvalue weighted by Crippen LogP contribution is 2.29. The van der Waals surface area contributed by atoms with E-state index in [1.807, 2.05) is 50.2 Å². The number of rotatable bonds is 9. The Morgan fingerprint density at radius 3 is 2.47 bits per heavy atom. The normalized spacial score (nSPS) is 10.2. The smallest absolute Gasteiger partial charge is 0.255 e. The molecule has 0 aliphatic carbocycles. The number of anilines is 1. The molecule has 0 aliphatic heterocycles. The van der Waals surface area contributed by atoms with Crippen molar-refractivity contribution in [3.05, 3.63) is 90.5 Å². The first-order chi connectivity index (χ1) is 14.6. The van der Waals surface area contributed by atoms with Gasteiger partial charge in [-0.3, -0.25) is 4.79 Å². The Kier molecular flexibility index (Phi) is 7.11. The predicted molar refractivity (Wildman–Crippen MR) is 119 cm³/mol. The molecule has 0 aliphatic rings. The van der Waals surface area contributed by atoms with Crippen LogP contribution in [0.25, 0.3) is 0 Å². The Labute approximate surface area is 176 Å². The van der Waals surface area contributed by atoms with Crippen LogP contribution < -0.4 is 19.5 Å². The number of amides is 1. The third-order valence-electron chi connectivity index (χ3n) is 4.20. The van der Waals surface area contributed by atoms with E-state index in [9.17, 15) is 4.79 Å². The van der Waals surface area contributed by atoms with E-state index in [1.54, 1.807) is 36.4 Å². The summed E-state index contributed by atoms with van der Waals surface area (Å²) in [6, 6.07) is 20.2. The van der Waals surface area contributed by atoms with Gasteiger partial charge in [-0.05, 0) is 74.0 Å². The highest BCUT2D eigenvalue weighted by Gasteiger charge is 2.12. The molecule has 1 amide bonds. The van der Waals surface area contributed by atoms with E-state index < -0.39 is 0 Å². The zero-order chi connectivity index (χ0) is 21.3. The van der Waals surface area contributed by atoms with Crippen molar-refractivity contribution >= 4 is 11.6 Å². The molecule has 3 aromatic carbocycles. The van der Waals surface area contributed by atoms with Crippen LogP contribution in [0.1, 0.15) is 22.8 Å². The zero-order valence-corrected chi connectivity index (χ0v) is 17.2. The molecule has 0 saturated carbocycles. The van der Waals surface area contributed by atoms with E-state index in [4.69, 9.17) is 14.2 Å². The molecule has 0 bridgehead atoms. The fourth-order valence-corrected chi connectivity index (χ4v) is 2.81. The quantitative estimate of drug-likeness (QED) is 0.445. The Morgan fingerprint density at radius 1 is 0.967 bits per heavy atom. The summed E-state index contributed by atoms with van der Waals surface area (Å²) in [5.41, 5.74) is 2.27. The van der Waals surface area contributed by atoms with Crippen molar-refractivity contribution in [1.29, 1.82) is 0 Å². The molecule has 1 N–H and O–H groups in total. The molecule has 0 radical (unpaired) electrons. The van der Waals surface area contributed by atoms with Gasteiger partial charge in [-0.1, -0.05) is 24.8 Å².